The first-order chi connectivity index (χ1) is 11.3. The highest BCUT2D eigenvalue weighted by Gasteiger charge is 2.35. The molecule has 0 spiro atoms. The third-order valence-corrected chi connectivity index (χ3v) is 4.90. The van der Waals surface area contributed by atoms with E-state index in [-0.39, 0.29) is 11.9 Å². The fraction of sp³-hybridized carbons (Fsp3) is 0.579. The Morgan fingerprint density at radius 3 is 2.29 bits per heavy atom. The zero-order chi connectivity index (χ0) is 18.3. The van der Waals surface area contributed by atoms with Crippen LogP contribution in [0.3, 0.4) is 0 Å². The first-order valence-corrected chi connectivity index (χ1v) is 8.76. The first-order valence-electron chi connectivity index (χ1n) is 8.76. The van der Waals surface area contributed by atoms with Crippen LogP contribution < -0.4 is 5.32 Å². The summed E-state index contributed by atoms with van der Waals surface area (Å²) in [5, 5.41) is 2.99. The summed E-state index contributed by atoms with van der Waals surface area (Å²) in [7, 11) is 2.10. The number of hydrogen-bond donors (Lipinski definition) is 1. The molecule has 1 N–H and O–H groups in total. The summed E-state index contributed by atoms with van der Waals surface area (Å²) in [4.78, 5) is 25.1. The summed E-state index contributed by atoms with van der Waals surface area (Å²) < 4.78 is 5.78. The molecule has 1 aromatic rings. The molecule has 5 nitrogen and oxygen atoms in total. The molecule has 1 unspecified atom stereocenters. The molecule has 24 heavy (non-hydrogen) atoms. The molecule has 134 valence electrons. The van der Waals surface area contributed by atoms with Crippen molar-refractivity contribution in [2.24, 2.45) is 0 Å². The number of para-hydroxylation sites is 1. The maximum Gasteiger partial charge on any atom is 0.340 e. The van der Waals surface area contributed by atoms with Gasteiger partial charge in [0.25, 0.3) is 5.91 Å². The highest BCUT2D eigenvalue weighted by atomic mass is 16.5. The van der Waals surface area contributed by atoms with E-state index in [9.17, 15) is 9.59 Å². The van der Waals surface area contributed by atoms with E-state index in [2.05, 4.69) is 26.2 Å². The fourth-order valence-corrected chi connectivity index (χ4v) is 2.99. The molecule has 5 heteroatoms. The molecule has 1 atom stereocenters. The molecule has 1 aromatic carbocycles. The van der Waals surface area contributed by atoms with Gasteiger partial charge >= 0.3 is 5.97 Å². The Bertz CT molecular complexity index is 580. The molecule has 1 rings (SSSR count). The van der Waals surface area contributed by atoms with E-state index in [4.69, 9.17) is 4.74 Å². The molecule has 0 saturated heterocycles. The van der Waals surface area contributed by atoms with E-state index in [1.165, 1.54) is 0 Å². The zero-order valence-corrected chi connectivity index (χ0v) is 15.8. The number of esters is 1. The number of nitrogens with one attached hydrogen (secondary N) is 1. The number of carbonyl (C=O) groups excluding carboxylic acids is 2. The van der Waals surface area contributed by atoms with Crippen LogP contribution in [-0.4, -0.2) is 49.1 Å². The Hall–Kier alpha value is -1.88. The van der Waals surface area contributed by atoms with Gasteiger partial charge < -0.3 is 14.5 Å². The first kappa shape index (κ1) is 20.2. The molecule has 0 aliphatic rings. The summed E-state index contributed by atoms with van der Waals surface area (Å²) in [6.07, 6.45) is 0.741. The standard InChI is InChI=1S/C19H30N2O3/c1-7-16(21(6,8-2)9-3)18(22)20-17-14(5)12-11-13-15(17)19(23)24-10-4/h11-13,16H,7-10H2,1-6H3/p+1. The minimum absolute atomic E-state index is 0.0523. The van der Waals surface area contributed by atoms with Gasteiger partial charge in [0, 0.05) is 6.42 Å². The summed E-state index contributed by atoms with van der Waals surface area (Å²) in [6.45, 7) is 11.9. The minimum atomic E-state index is -0.409. The van der Waals surface area contributed by atoms with Crippen LogP contribution in [0.15, 0.2) is 18.2 Å². The lowest BCUT2D eigenvalue weighted by atomic mass is 10.1. The van der Waals surface area contributed by atoms with Gasteiger partial charge in [-0.3, -0.25) is 4.79 Å². The Morgan fingerprint density at radius 2 is 1.79 bits per heavy atom. The van der Waals surface area contributed by atoms with Crippen LogP contribution in [0.2, 0.25) is 0 Å². The van der Waals surface area contributed by atoms with Gasteiger partial charge in [-0.2, -0.15) is 0 Å². The Balaban J connectivity index is 3.16. The average Bonchev–Trinajstić information content (AvgIpc) is 2.57. The number of aryl methyl sites for hydroxylation is 1. The number of anilines is 1. The van der Waals surface area contributed by atoms with Crippen molar-refractivity contribution in [1.82, 2.24) is 0 Å². The van der Waals surface area contributed by atoms with Crippen LogP contribution in [-0.2, 0) is 9.53 Å². The van der Waals surface area contributed by atoms with E-state index in [0.29, 0.717) is 22.3 Å². The topological polar surface area (TPSA) is 55.4 Å². The summed E-state index contributed by atoms with van der Waals surface area (Å²) in [5.41, 5.74) is 1.81. The largest absolute Gasteiger partial charge is 0.462 e. The molecular weight excluding hydrogens is 304 g/mol. The molecule has 0 radical (unpaired) electrons. The van der Waals surface area contributed by atoms with Crippen molar-refractivity contribution in [3.63, 3.8) is 0 Å². The number of quaternary nitrogens is 1. The van der Waals surface area contributed by atoms with Crippen molar-refractivity contribution < 1.29 is 18.8 Å². The number of amides is 1. The van der Waals surface area contributed by atoms with Gasteiger partial charge in [0.15, 0.2) is 6.04 Å². The predicted molar refractivity (Wildman–Crippen MR) is 97.1 cm³/mol. The van der Waals surface area contributed by atoms with E-state index >= 15 is 0 Å². The minimum Gasteiger partial charge on any atom is -0.462 e. The van der Waals surface area contributed by atoms with Crippen LogP contribution in [0.1, 0.15) is 50.0 Å². The van der Waals surface area contributed by atoms with E-state index < -0.39 is 5.97 Å². The second kappa shape index (κ2) is 8.83. The number of carbonyl (C=O) groups is 2. The van der Waals surface area contributed by atoms with Crippen LogP contribution in [0.5, 0.6) is 0 Å². The van der Waals surface area contributed by atoms with Crippen molar-refractivity contribution in [3.8, 4) is 0 Å². The van der Waals surface area contributed by atoms with E-state index in [0.717, 1.165) is 25.1 Å². The van der Waals surface area contributed by atoms with E-state index in [1.54, 1.807) is 19.1 Å². The number of nitrogens with zero attached hydrogens (tertiary/aromatic N) is 1. The van der Waals surface area contributed by atoms with Crippen LogP contribution in [0.25, 0.3) is 0 Å². The number of hydrogen-bond acceptors (Lipinski definition) is 3. The van der Waals surface area contributed by atoms with Crippen molar-refractivity contribution in [3.05, 3.63) is 29.3 Å². The molecule has 1 amide bonds. The SMILES string of the molecule is CCOC(=O)c1cccc(C)c1NC(=O)C(CC)[N+](C)(CC)CC. The average molecular weight is 335 g/mol. The molecule has 0 aliphatic heterocycles. The van der Waals surface area contributed by atoms with Gasteiger partial charge in [-0.05, 0) is 39.3 Å². The number of benzene rings is 1. The fourth-order valence-electron chi connectivity index (χ4n) is 2.99. The van der Waals surface area contributed by atoms with Crippen molar-refractivity contribution in [2.45, 2.75) is 47.1 Å². The van der Waals surface area contributed by atoms with Crippen molar-refractivity contribution in [1.29, 1.82) is 0 Å². The molecule has 0 saturated carbocycles. The third kappa shape index (κ3) is 4.35. The summed E-state index contributed by atoms with van der Waals surface area (Å²) >= 11 is 0. The van der Waals surface area contributed by atoms with Crippen LogP contribution >= 0.6 is 0 Å². The summed E-state index contributed by atoms with van der Waals surface area (Å²) in [6, 6.07) is 5.21. The maximum atomic E-state index is 12.9. The van der Waals surface area contributed by atoms with Gasteiger partial charge in [0.05, 0.1) is 38.0 Å². The predicted octanol–water partition coefficient (Wildman–Crippen LogP) is 3.38. The Kier molecular flexibility index (Phi) is 7.42. The van der Waals surface area contributed by atoms with Crippen LogP contribution in [0, 0.1) is 6.92 Å². The highest BCUT2D eigenvalue weighted by Crippen LogP contribution is 2.23. The number of likely N-dealkylation sites (N-methyl/N-ethyl adjacent to an activating group) is 1. The second-order valence-corrected chi connectivity index (χ2v) is 6.24. The van der Waals surface area contributed by atoms with Crippen molar-refractivity contribution >= 4 is 17.6 Å². The van der Waals surface area contributed by atoms with E-state index in [1.807, 2.05) is 19.9 Å². The second-order valence-electron chi connectivity index (χ2n) is 6.24. The van der Waals surface area contributed by atoms with Gasteiger partial charge in [0.2, 0.25) is 0 Å². The Labute approximate surface area is 145 Å². The molecule has 0 aliphatic carbocycles. The highest BCUT2D eigenvalue weighted by molar-refractivity contribution is 6.03. The normalized spacial score (nSPS) is 12.6. The molecular formula is C19H31N2O3+. The van der Waals surface area contributed by atoms with Crippen molar-refractivity contribution in [2.75, 3.05) is 32.1 Å². The maximum absolute atomic E-state index is 12.9. The Morgan fingerprint density at radius 1 is 1.17 bits per heavy atom. The number of ether oxygens (including phenoxy) is 1. The van der Waals surface area contributed by atoms with Gasteiger partial charge in [-0.25, -0.2) is 4.79 Å². The smallest absolute Gasteiger partial charge is 0.340 e. The monoisotopic (exact) mass is 335 g/mol. The lowest BCUT2D eigenvalue weighted by Crippen LogP contribution is -2.56. The molecule has 0 heterocycles. The third-order valence-electron chi connectivity index (χ3n) is 4.90. The molecule has 0 bridgehead atoms. The van der Waals surface area contributed by atoms with Gasteiger partial charge in [-0.15, -0.1) is 0 Å². The molecule has 0 fully saturated rings. The van der Waals surface area contributed by atoms with Gasteiger partial charge in [0.1, 0.15) is 0 Å². The summed E-state index contributed by atoms with van der Waals surface area (Å²) in [5.74, 6) is -0.462. The zero-order valence-electron chi connectivity index (χ0n) is 15.8. The number of rotatable bonds is 8. The quantitative estimate of drug-likeness (QED) is 0.585. The lowest BCUT2D eigenvalue weighted by molar-refractivity contribution is -0.921. The molecule has 0 aromatic heterocycles. The van der Waals surface area contributed by atoms with Crippen LogP contribution in [0.4, 0.5) is 5.69 Å². The lowest BCUT2D eigenvalue weighted by Gasteiger charge is -2.38. The van der Waals surface area contributed by atoms with Gasteiger partial charge in [-0.1, -0.05) is 19.1 Å².